The van der Waals surface area contributed by atoms with Crippen LogP contribution in [0.15, 0.2) is 0 Å². The van der Waals surface area contributed by atoms with Crippen LogP contribution >= 0.6 is 0 Å². The van der Waals surface area contributed by atoms with Gasteiger partial charge >= 0.3 is 0 Å². The smallest absolute Gasteiger partial charge is 0.242 e. The Balaban J connectivity index is 2.05. The predicted octanol–water partition coefficient (Wildman–Crippen LogP) is 1.32. The van der Waals surface area contributed by atoms with Crippen LogP contribution < -0.4 is 5.32 Å². The molecule has 0 bridgehead atoms. The van der Waals surface area contributed by atoms with Crippen LogP contribution in [0.25, 0.3) is 0 Å². The topological polar surface area (TPSA) is 35.6 Å². The van der Waals surface area contributed by atoms with Crippen molar-refractivity contribution >= 4 is 5.91 Å². The zero-order chi connectivity index (χ0) is 14.0. The molecule has 1 aliphatic carbocycles. The molecule has 1 heterocycles. The molecule has 0 aromatic rings. The second kappa shape index (κ2) is 5.80. The Morgan fingerprint density at radius 3 is 2.37 bits per heavy atom. The number of carbonyl (C=O) groups excluding carboxylic acids is 1. The van der Waals surface area contributed by atoms with Gasteiger partial charge in [-0.05, 0) is 32.6 Å². The van der Waals surface area contributed by atoms with E-state index in [1.54, 1.807) is 0 Å². The molecule has 0 unspecified atom stereocenters. The van der Waals surface area contributed by atoms with Gasteiger partial charge in [-0.1, -0.05) is 13.8 Å². The van der Waals surface area contributed by atoms with Crippen LogP contribution in [-0.4, -0.2) is 60.0 Å². The molecule has 1 amide bonds. The van der Waals surface area contributed by atoms with Gasteiger partial charge < -0.3 is 10.2 Å². The van der Waals surface area contributed by atoms with Crippen LogP contribution in [0, 0.1) is 5.92 Å². The summed E-state index contributed by atoms with van der Waals surface area (Å²) in [7, 11) is 0. The molecule has 0 radical (unpaired) electrons. The van der Waals surface area contributed by atoms with Gasteiger partial charge in [0.05, 0.1) is 5.54 Å². The van der Waals surface area contributed by atoms with Crippen LogP contribution in [0.3, 0.4) is 0 Å². The summed E-state index contributed by atoms with van der Waals surface area (Å²) in [5.74, 6) is 0.869. The fraction of sp³-hybridized carbons (Fsp3) is 0.933. The molecule has 1 saturated carbocycles. The average Bonchev–Trinajstić information content (AvgIpc) is 3.20. The van der Waals surface area contributed by atoms with Crippen molar-refractivity contribution in [1.29, 1.82) is 0 Å². The number of amides is 1. The molecule has 0 aromatic carbocycles. The fourth-order valence-corrected chi connectivity index (χ4v) is 2.89. The molecule has 1 N–H and O–H groups in total. The molecule has 1 aliphatic heterocycles. The molecule has 1 saturated heterocycles. The molecule has 19 heavy (non-hydrogen) atoms. The SMILES string of the molecule is CC(C)CN(C(=O)C(C)(C)N1CCNCC1)C1CC1. The lowest BCUT2D eigenvalue weighted by Crippen LogP contribution is -2.61. The lowest BCUT2D eigenvalue weighted by Gasteiger charge is -2.43. The highest BCUT2D eigenvalue weighted by Gasteiger charge is 2.42. The fourth-order valence-electron chi connectivity index (χ4n) is 2.89. The van der Waals surface area contributed by atoms with Crippen LogP contribution in [0.4, 0.5) is 0 Å². The maximum Gasteiger partial charge on any atom is 0.242 e. The molecule has 2 aliphatic rings. The maximum atomic E-state index is 12.9. The van der Waals surface area contributed by atoms with Crippen molar-refractivity contribution in [1.82, 2.24) is 15.1 Å². The second-order valence-corrected chi connectivity index (χ2v) is 6.88. The third-order valence-electron chi connectivity index (χ3n) is 4.24. The first-order chi connectivity index (χ1) is 8.93. The van der Waals surface area contributed by atoms with E-state index >= 15 is 0 Å². The standard InChI is InChI=1S/C15H29N3O/c1-12(2)11-18(13-5-6-13)14(19)15(3,4)17-9-7-16-8-10-17/h12-13,16H,5-11H2,1-4H3. The summed E-state index contributed by atoms with van der Waals surface area (Å²) in [6.07, 6.45) is 2.38. The Bertz CT molecular complexity index is 317. The molecule has 4 nitrogen and oxygen atoms in total. The van der Waals surface area contributed by atoms with Crippen LogP contribution in [0.2, 0.25) is 0 Å². The van der Waals surface area contributed by atoms with Gasteiger partial charge in [0.15, 0.2) is 0 Å². The van der Waals surface area contributed by atoms with Gasteiger partial charge in [-0.3, -0.25) is 9.69 Å². The second-order valence-electron chi connectivity index (χ2n) is 6.88. The number of hydrogen-bond acceptors (Lipinski definition) is 3. The van der Waals surface area contributed by atoms with Gasteiger partial charge in [0.2, 0.25) is 5.91 Å². The number of rotatable bonds is 5. The third kappa shape index (κ3) is 3.48. The van der Waals surface area contributed by atoms with Crippen LogP contribution in [-0.2, 0) is 4.79 Å². The predicted molar refractivity (Wildman–Crippen MR) is 78.1 cm³/mol. The first-order valence-corrected chi connectivity index (χ1v) is 7.69. The number of nitrogens with one attached hydrogen (secondary N) is 1. The van der Waals surface area contributed by atoms with Crippen molar-refractivity contribution in [2.75, 3.05) is 32.7 Å². The normalized spacial score (nSPS) is 21.7. The minimum atomic E-state index is -0.362. The Hall–Kier alpha value is -0.610. The Kier molecular flexibility index (Phi) is 4.51. The summed E-state index contributed by atoms with van der Waals surface area (Å²) in [5.41, 5.74) is -0.362. The Morgan fingerprint density at radius 1 is 1.32 bits per heavy atom. The van der Waals surface area contributed by atoms with Gasteiger partial charge in [0.25, 0.3) is 0 Å². The summed E-state index contributed by atoms with van der Waals surface area (Å²) in [5, 5.41) is 3.36. The van der Waals surface area contributed by atoms with Crippen molar-refractivity contribution in [2.45, 2.75) is 52.1 Å². The van der Waals surface area contributed by atoms with Crippen molar-refractivity contribution in [3.05, 3.63) is 0 Å². The van der Waals surface area contributed by atoms with Gasteiger partial charge in [0, 0.05) is 38.8 Å². The molecule has 2 fully saturated rings. The molecule has 0 atom stereocenters. The zero-order valence-corrected chi connectivity index (χ0v) is 12.9. The number of carbonyl (C=O) groups is 1. The summed E-state index contributed by atoms with van der Waals surface area (Å²) in [6.45, 7) is 13.4. The van der Waals surface area contributed by atoms with Crippen molar-refractivity contribution < 1.29 is 4.79 Å². The van der Waals surface area contributed by atoms with E-state index in [1.807, 2.05) is 0 Å². The van der Waals surface area contributed by atoms with E-state index in [2.05, 4.69) is 42.8 Å². The highest BCUT2D eigenvalue weighted by Crippen LogP contribution is 2.31. The quantitative estimate of drug-likeness (QED) is 0.816. The molecule has 110 valence electrons. The van der Waals surface area contributed by atoms with Gasteiger partial charge in [-0.15, -0.1) is 0 Å². The number of piperazine rings is 1. The van der Waals surface area contributed by atoms with Gasteiger partial charge in [-0.25, -0.2) is 0 Å². The van der Waals surface area contributed by atoms with Crippen molar-refractivity contribution in [3.63, 3.8) is 0 Å². The lowest BCUT2D eigenvalue weighted by atomic mass is 9.98. The van der Waals surface area contributed by atoms with Crippen LogP contribution in [0.5, 0.6) is 0 Å². The van der Waals surface area contributed by atoms with Crippen molar-refractivity contribution in [2.24, 2.45) is 5.92 Å². The minimum Gasteiger partial charge on any atom is -0.338 e. The van der Waals surface area contributed by atoms with Gasteiger partial charge in [0.1, 0.15) is 0 Å². The first-order valence-electron chi connectivity index (χ1n) is 7.69. The monoisotopic (exact) mass is 267 g/mol. The average molecular weight is 267 g/mol. The highest BCUT2D eigenvalue weighted by atomic mass is 16.2. The molecule has 0 aromatic heterocycles. The van der Waals surface area contributed by atoms with Crippen LogP contribution in [0.1, 0.15) is 40.5 Å². The summed E-state index contributed by atoms with van der Waals surface area (Å²) >= 11 is 0. The summed E-state index contributed by atoms with van der Waals surface area (Å²) < 4.78 is 0. The third-order valence-corrected chi connectivity index (χ3v) is 4.24. The zero-order valence-electron chi connectivity index (χ0n) is 12.9. The maximum absolute atomic E-state index is 12.9. The lowest BCUT2D eigenvalue weighted by molar-refractivity contribution is -0.144. The molecule has 4 heteroatoms. The minimum absolute atomic E-state index is 0.325. The number of hydrogen-bond donors (Lipinski definition) is 1. The van der Waals surface area contributed by atoms with E-state index in [-0.39, 0.29) is 5.54 Å². The first kappa shape index (κ1) is 14.8. The van der Waals surface area contributed by atoms with E-state index in [4.69, 9.17) is 0 Å². The summed E-state index contributed by atoms with van der Waals surface area (Å²) in [6, 6.07) is 0.511. The summed E-state index contributed by atoms with van der Waals surface area (Å²) in [4.78, 5) is 17.4. The number of nitrogens with zero attached hydrogens (tertiary/aromatic N) is 2. The molecule has 2 rings (SSSR count). The van der Waals surface area contributed by atoms with E-state index in [0.29, 0.717) is 17.9 Å². The molecule has 0 spiro atoms. The van der Waals surface area contributed by atoms with Gasteiger partial charge in [-0.2, -0.15) is 0 Å². The Labute approximate surface area is 117 Å². The highest BCUT2D eigenvalue weighted by molar-refractivity contribution is 5.86. The van der Waals surface area contributed by atoms with E-state index < -0.39 is 0 Å². The van der Waals surface area contributed by atoms with E-state index in [9.17, 15) is 4.79 Å². The van der Waals surface area contributed by atoms with E-state index in [0.717, 1.165) is 32.7 Å². The molecular formula is C15H29N3O. The largest absolute Gasteiger partial charge is 0.338 e. The Morgan fingerprint density at radius 2 is 1.89 bits per heavy atom. The molecular weight excluding hydrogens is 238 g/mol. The van der Waals surface area contributed by atoms with E-state index in [1.165, 1.54) is 12.8 Å². The van der Waals surface area contributed by atoms with Crippen molar-refractivity contribution in [3.8, 4) is 0 Å².